The number of halogens is 1. The summed E-state index contributed by atoms with van der Waals surface area (Å²) in [6.45, 7) is 0.373. The predicted octanol–water partition coefficient (Wildman–Crippen LogP) is 1.09. The number of anilines is 2. The Morgan fingerprint density at radius 3 is 2.60 bits per heavy atom. The molecule has 3 N–H and O–H groups in total. The van der Waals surface area contributed by atoms with Gasteiger partial charge in [0, 0.05) is 18.7 Å². The van der Waals surface area contributed by atoms with Crippen molar-refractivity contribution in [2.24, 2.45) is 0 Å². The van der Waals surface area contributed by atoms with Gasteiger partial charge < -0.3 is 11.1 Å². The third-order valence-electron chi connectivity index (χ3n) is 2.51. The van der Waals surface area contributed by atoms with Gasteiger partial charge in [-0.3, -0.25) is 9.69 Å². The lowest BCUT2D eigenvalue weighted by Gasteiger charge is -2.14. The summed E-state index contributed by atoms with van der Waals surface area (Å²) in [6.07, 6.45) is 0.0532. The highest BCUT2D eigenvalue weighted by atomic mass is 19.1. The average molecular weight is 275 g/mol. The number of nitrogen functional groups attached to an aromatic ring is 1. The Balaban J connectivity index is 2.53. The van der Waals surface area contributed by atoms with Crippen LogP contribution < -0.4 is 11.1 Å². The fourth-order valence-electron chi connectivity index (χ4n) is 1.53. The van der Waals surface area contributed by atoms with Crippen molar-refractivity contribution in [2.75, 3.05) is 30.7 Å². The number of rotatable bonds is 6. The smallest absolute Gasteiger partial charge is 0.225 e. The molecule has 0 unspecified atom stereocenters. The van der Waals surface area contributed by atoms with Crippen LogP contribution in [0.25, 0.3) is 0 Å². The minimum atomic E-state index is -0.571. The summed E-state index contributed by atoms with van der Waals surface area (Å²) in [6, 6.07) is 7.71. The summed E-state index contributed by atoms with van der Waals surface area (Å²) in [5.74, 6) is -0.978. The Morgan fingerprint density at radius 2 is 2.00 bits per heavy atom. The van der Waals surface area contributed by atoms with Crippen LogP contribution in [-0.2, 0) is 4.79 Å². The van der Waals surface area contributed by atoms with Gasteiger partial charge in [0.2, 0.25) is 5.91 Å². The van der Waals surface area contributed by atoms with Gasteiger partial charge in [-0.2, -0.15) is 10.5 Å². The number of nitriles is 2. The lowest BCUT2D eigenvalue weighted by atomic mass is 10.2. The number of nitrogens with zero attached hydrogens (tertiary/aromatic N) is 3. The lowest BCUT2D eigenvalue weighted by molar-refractivity contribution is -0.116. The quantitative estimate of drug-likeness (QED) is 0.597. The SMILES string of the molecule is N#CCN(CC#N)CCC(=O)Nc1cc(N)ccc1F. The Labute approximate surface area is 116 Å². The van der Waals surface area contributed by atoms with Crippen LogP contribution in [0.15, 0.2) is 18.2 Å². The molecule has 0 aliphatic heterocycles. The molecule has 0 aliphatic carbocycles. The number of nitrogens with two attached hydrogens (primary N) is 1. The maximum absolute atomic E-state index is 13.4. The zero-order chi connectivity index (χ0) is 15.0. The first-order valence-electron chi connectivity index (χ1n) is 5.88. The number of hydrogen-bond acceptors (Lipinski definition) is 5. The molecule has 1 aromatic rings. The second-order valence-corrected chi connectivity index (χ2v) is 4.06. The van der Waals surface area contributed by atoms with Gasteiger partial charge in [-0.1, -0.05) is 0 Å². The van der Waals surface area contributed by atoms with Crippen molar-refractivity contribution >= 4 is 17.3 Å². The standard InChI is InChI=1S/C13H14FN5O/c14-11-2-1-10(17)9-12(11)18-13(20)3-6-19(7-4-15)8-5-16/h1-2,9H,3,6-8,17H2,(H,18,20). The van der Waals surface area contributed by atoms with Gasteiger partial charge in [0.1, 0.15) is 5.82 Å². The number of carbonyl (C=O) groups is 1. The van der Waals surface area contributed by atoms with Gasteiger partial charge in [0.15, 0.2) is 0 Å². The number of benzene rings is 1. The van der Waals surface area contributed by atoms with Crippen molar-refractivity contribution in [1.82, 2.24) is 4.90 Å². The maximum Gasteiger partial charge on any atom is 0.225 e. The molecule has 20 heavy (non-hydrogen) atoms. The second kappa shape index (κ2) is 7.72. The average Bonchev–Trinajstić information content (AvgIpc) is 2.41. The molecular weight excluding hydrogens is 261 g/mol. The molecule has 1 amide bonds. The van der Waals surface area contributed by atoms with E-state index in [2.05, 4.69) is 5.32 Å². The zero-order valence-corrected chi connectivity index (χ0v) is 10.8. The van der Waals surface area contributed by atoms with Crippen LogP contribution in [0.1, 0.15) is 6.42 Å². The molecule has 0 atom stereocenters. The molecule has 0 saturated heterocycles. The van der Waals surface area contributed by atoms with Crippen molar-refractivity contribution in [2.45, 2.75) is 6.42 Å². The number of amides is 1. The van der Waals surface area contributed by atoms with E-state index in [9.17, 15) is 9.18 Å². The van der Waals surface area contributed by atoms with E-state index in [1.165, 1.54) is 23.1 Å². The first-order chi connectivity index (χ1) is 9.56. The van der Waals surface area contributed by atoms with E-state index in [0.29, 0.717) is 5.69 Å². The van der Waals surface area contributed by atoms with Gasteiger partial charge >= 0.3 is 0 Å². The van der Waals surface area contributed by atoms with Crippen LogP contribution in [0.4, 0.5) is 15.8 Å². The van der Waals surface area contributed by atoms with Crippen LogP contribution >= 0.6 is 0 Å². The van der Waals surface area contributed by atoms with Crippen LogP contribution in [0, 0.1) is 28.5 Å². The molecule has 0 heterocycles. The molecule has 1 rings (SSSR count). The summed E-state index contributed by atoms with van der Waals surface area (Å²) in [5.41, 5.74) is 5.87. The highest BCUT2D eigenvalue weighted by molar-refractivity contribution is 5.91. The van der Waals surface area contributed by atoms with Gasteiger partial charge in [0.05, 0.1) is 30.9 Å². The van der Waals surface area contributed by atoms with E-state index in [-0.39, 0.29) is 31.7 Å². The zero-order valence-electron chi connectivity index (χ0n) is 10.8. The van der Waals surface area contributed by atoms with Gasteiger partial charge in [-0.05, 0) is 18.2 Å². The number of nitrogens with one attached hydrogen (secondary N) is 1. The Hall–Kier alpha value is -2.64. The van der Waals surface area contributed by atoms with Gasteiger partial charge in [-0.15, -0.1) is 0 Å². The fourth-order valence-corrected chi connectivity index (χ4v) is 1.53. The topological polar surface area (TPSA) is 106 Å². The molecule has 7 heteroatoms. The van der Waals surface area contributed by atoms with Crippen molar-refractivity contribution in [1.29, 1.82) is 10.5 Å². The van der Waals surface area contributed by atoms with Crippen molar-refractivity contribution < 1.29 is 9.18 Å². The highest BCUT2D eigenvalue weighted by Gasteiger charge is 2.10. The van der Waals surface area contributed by atoms with E-state index in [1.54, 1.807) is 0 Å². The lowest BCUT2D eigenvalue weighted by Crippen LogP contribution is -2.28. The highest BCUT2D eigenvalue weighted by Crippen LogP contribution is 2.17. The second-order valence-electron chi connectivity index (χ2n) is 4.06. The third kappa shape index (κ3) is 4.92. The van der Waals surface area contributed by atoms with E-state index >= 15 is 0 Å². The minimum Gasteiger partial charge on any atom is -0.399 e. The molecule has 0 aliphatic rings. The molecule has 0 bridgehead atoms. The summed E-state index contributed by atoms with van der Waals surface area (Å²) in [7, 11) is 0. The van der Waals surface area contributed by atoms with Crippen molar-refractivity contribution in [3.05, 3.63) is 24.0 Å². The van der Waals surface area contributed by atoms with Crippen LogP contribution in [-0.4, -0.2) is 30.4 Å². The monoisotopic (exact) mass is 275 g/mol. The van der Waals surface area contributed by atoms with Crippen LogP contribution in [0.5, 0.6) is 0 Å². The van der Waals surface area contributed by atoms with Crippen molar-refractivity contribution in [3.63, 3.8) is 0 Å². The summed E-state index contributed by atoms with van der Waals surface area (Å²) >= 11 is 0. The Morgan fingerprint density at radius 1 is 1.35 bits per heavy atom. The molecule has 0 fully saturated rings. The molecular formula is C13H14FN5O. The number of hydrogen-bond donors (Lipinski definition) is 2. The minimum absolute atomic E-state index is 0.0158. The Kier molecular flexibility index (Phi) is 5.95. The molecule has 0 radical (unpaired) electrons. The molecule has 104 valence electrons. The molecule has 0 aromatic heterocycles. The van der Waals surface area contributed by atoms with Gasteiger partial charge in [-0.25, -0.2) is 4.39 Å². The fraction of sp³-hybridized carbons (Fsp3) is 0.308. The first kappa shape index (κ1) is 15.4. The van der Waals surface area contributed by atoms with E-state index in [1.807, 2.05) is 12.1 Å². The predicted molar refractivity (Wildman–Crippen MR) is 71.7 cm³/mol. The normalized spacial score (nSPS) is 9.80. The summed E-state index contributed by atoms with van der Waals surface area (Å²) < 4.78 is 13.4. The largest absolute Gasteiger partial charge is 0.399 e. The number of carbonyl (C=O) groups excluding carboxylic acids is 1. The van der Waals surface area contributed by atoms with E-state index in [0.717, 1.165) is 0 Å². The van der Waals surface area contributed by atoms with Crippen LogP contribution in [0.3, 0.4) is 0 Å². The summed E-state index contributed by atoms with van der Waals surface area (Å²) in [5, 5.41) is 19.5. The third-order valence-corrected chi connectivity index (χ3v) is 2.51. The van der Waals surface area contributed by atoms with Gasteiger partial charge in [0.25, 0.3) is 0 Å². The molecule has 1 aromatic carbocycles. The molecule has 0 saturated carbocycles. The molecule has 0 spiro atoms. The van der Waals surface area contributed by atoms with E-state index in [4.69, 9.17) is 16.3 Å². The van der Waals surface area contributed by atoms with Crippen molar-refractivity contribution in [3.8, 4) is 12.1 Å². The maximum atomic E-state index is 13.4. The first-order valence-corrected chi connectivity index (χ1v) is 5.88. The molecule has 6 nitrogen and oxygen atoms in total. The van der Waals surface area contributed by atoms with Crippen LogP contribution in [0.2, 0.25) is 0 Å². The summed E-state index contributed by atoms with van der Waals surface area (Å²) in [4.78, 5) is 13.2. The Bertz CT molecular complexity index is 545. The van der Waals surface area contributed by atoms with E-state index < -0.39 is 11.7 Å².